The van der Waals surface area contributed by atoms with Crippen molar-refractivity contribution in [2.75, 3.05) is 20.1 Å². The van der Waals surface area contributed by atoms with Crippen LogP contribution in [0.3, 0.4) is 0 Å². The van der Waals surface area contributed by atoms with E-state index in [9.17, 15) is 5.11 Å². The number of halogens is 2. The molecule has 4 heteroatoms. The molecule has 1 heterocycles. The zero-order chi connectivity index (χ0) is 14.8. The van der Waals surface area contributed by atoms with Gasteiger partial charge in [-0.25, -0.2) is 0 Å². The molecule has 118 valence electrons. The molecule has 1 aliphatic heterocycles. The van der Waals surface area contributed by atoms with Gasteiger partial charge in [-0.05, 0) is 60.7 Å². The van der Waals surface area contributed by atoms with E-state index in [1.807, 2.05) is 12.1 Å². The van der Waals surface area contributed by atoms with E-state index in [2.05, 4.69) is 36.2 Å². The van der Waals surface area contributed by atoms with Crippen molar-refractivity contribution in [3.63, 3.8) is 0 Å². The Balaban J connectivity index is 0.00000176. The van der Waals surface area contributed by atoms with Gasteiger partial charge in [0.1, 0.15) is 5.75 Å². The van der Waals surface area contributed by atoms with Crippen LogP contribution in [0.15, 0.2) is 36.4 Å². The van der Waals surface area contributed by atoms with Crippen molar-refractivity contribution in [1.29, 1.82) is 0 Å². The SMILES string of the molecule is CN1CCc2ccccc2Cc2cc(O)c(Cl)cc2CC1.Cl. The molecule has 0 spiro atoms. The average Bonchev–Trinajstić information content (AvgIpc) is 2.48. The lowest BCUT2D eigenvalue weighted by Gasteiger charge is -2.22. The van der Waals surface area contributed by atoms with Gasteiger partial charge in [0.15, 0.2) is 0 Å². The van der Waals surface area contributed by atoms with Crippen molar-refractivity contribution in [3.8, 4) is 5.75 Å². The number of phenolic OH excluding ortho intramolecular Hbond substituents is 1. The fraction of sp³-hybridized carbons (Fsp3) is 0.333. The average molecular weight is 338 g/mol. The fourth-order valence-electron chi connectivity index (χ4n) is 2.96. The molecular weight excluding hydrogens is 317 g/mol. The standard InChI is InChI=1S/C18H20ClNO.ClH/c1-20-8-6-13-4-2-3-5-14(13)10-16-12-18(21)17(19)11-15(16)7-9-20;/h2-5,11-12,21H,6-10H2,1H3;1H. The van der Waals surface area contributed by atoms with E-state index >= 15 is 0 Å². The highest BCUT2D eigenvalue weighted by atomic mass is 35.5. The molecule has 0 bridgehead atoms. The van der Waals surface area contributed by atoms with Crippen LogP contribution >= 0.6 is 24.0 Å². The van der Waals surface area contributed by atoms with Gasteiger partial charge in [0, 0.05) is 13.1 Å². The van der Waals surface area contributed by atoms with Gasteiger partial charge in [-0.3, -0.25) is 0 Å². The van der Waals surface area contributed by atoms with Gasteiger partial charge in [0.05, 0.1) is 5.02 Å². The largest absolute Gasteiger partial charge is 0.506 e. The van der Waals surface area contributed by atoms with Crippen molar-refractivity contribution in [2.45, 2.75) is 19.3 Å². The molecule has 0 radical (unpaired) electrons. The lowest BCUT2D eigenvalue weighted by molar-refractivity contribution is 0.341. The van der Waals surface area contributed by atoms with Gasteiger partial charge in [0.25, 0.3) is 0 Å². The molecule has 22 heavy (non-hydrogen) atoms. The van der Waals surface area contributed by atoms with Crippen LogP contribution in [0.4, 0.5) is 0 Å². The summed E-state index contributed by atoms with van der Waals surface area (Å²) in [6.07, 6.45) is 2.90. The summed E-state index contributed by atoms with van der Waals surface area (Å²) in [6, 6.07) is 12.3. The van der Waals surface area contributed by atoms with Crippen molar-refractivity contribution < 1.29 is 5.11 Å². The van der Waals surface area contributed by atoms with Crippen LogP contribution in [-0.4, -0.2) is 30.1 Å². The Morgan fingerprint density at radius 1 is 0.955 bits per heavy atom. The molecule has 0 aliphatic carbocycles. The van der Waals surface area contributed by atoms with Crippen LogP contribution < -0.4 is 0 Å². The van der Waals surface area contributed by atoms with Gasteiger partial charge < -0.3 is 10.0 Å². The van der Waals surface area contributed by atoms with E-state index in [1.54, 1.807) is 0 Å². The lowest BCUT2D eigenvalue weighted by atomic mass is 9.92. The Morgan fingerprint density at radius 2 is 1.59 bits per heavy atom. The van der Waals surface area contributed by atoms with Crippen LogP contribution in [0.5, 0.6) is 5.75 Å². The maximum atomic E-state index is 9.92. The molecule has 0 aromatic heterocycles. The smallest absolute Gasteiger partial charge is 0.134 e. The van der Waals surface area contributed by atoms with E-state index in [0.29, 0.717) is 5.02 Å². The molecule has 0 saturated carbocycles. The zero-order valence-corrected chi connectivity index (χ0v) is 14.3. The van der Waals surface area contributed by atoms with E-state index in [-0.39, 0.29) is 18.2 Å². The normalized spacial score (nSPS) is 15.4. The predicted molar refractivity (Wildman–Crippen MR) is 94.5 cm³/mol. The molecule has 0 fully saturated rings. The minimum absolute atomic E-state index is 0. The Hall–Kier alpha value is -1.22. The summed E-state index contributed by atoms with van der Waals surface area (Å²) in [5.41, 5.74) is 5.16. The second-order valence-electron chi connectivity index (χ2n) is 5.82. The summed E-state index contributed by atoms with van der Waals surface area (Å²) in [6.45, 7) is 2.08. The Kier molecular flexibility index (Phi) is 5.74. The molecule has 0 unspecified atom stereocenters. The molecule has 2 nitrogen and oxygen atoms in total. The summed E-state index contributed by atoms with van der Waals surface area (Å²) in [5.74, 6) is 0.179. The molecule has 1 aliphatic rings. The van der Waals surface area contributed by atoms with Crippen LogP contribution in [0, 0.1) is 0 Å². The molecule has 3 rings (SSSR count). The number of hydrogen-bond acceptors (Lipinski definition) is 2. The van der Waals surface area contributed by atoms with Crippen LogP contribution in [-0.2, 0) is 19.3 Å². The first-order valence-corrected chi connectivity index (χ1v) is 7.77. The van der Waals surface area contributed by atoms with Crippen molar-refractivity contribution in [2.24, 2.45) is 0 Å². The molecule has 0 amide bonds. The maximum absolute atomic E-state index is 9.92. The summed E-state index contributed by atoms with van der Waals surface area (Å²) in [7, 11) is 2.16. The highest BCUT2D eigenvalue weighted by molar-refractivity contribution is 6.32. The first-order valence-electron chi connectivity index (χ1n) is 7.39. The van der Waals surface area contributed by atoms with Crippen molar-refractivity contribution in [1.82, 2.24) is 4.90 Å². The lowest BCUT2D eigenvalue weighted by Crippen LogP contribution is -2.25. The highest BCUT2D eigenvalue weighted by Crippen LogP contribution is 2.30. The summed E-state index contributed by atoms with van der Waals surface area (Å²) < 4.78 is 0. The van der Waals surface area contributed by atoms with Gasteiger partial charge >= 0.3 is 0 Å². The molecule has 2 aromatic rings. The van der Waals surface area contributed by atoms with E-state index in [4.69, 9.17) is 11.6 Å². The van der Waals surface area contributed by atoms with E-state index in [0.717, 1.165) is 32.4 Å². The van der Waals surface area contributed by atoms with Crippen LogP contribution in [0.25, 0.3) is 0 Å². The van der Waals surface area contributed by atoms with Crippen molar-refractivity contribution >= 4 is 24.0 Å². The first-order chi connectivity index (χ1) is 10.1. The number of aromatic hydroxyl groups is 1. The summed E-state index contributed by atoms with van der Waals surface area (Å²) in [5, 5.41) is 10.4. The van der Waals surface area contributed by atoms with Crippen LogP contribution in [0.1, 0.15) is 22.3 Å². The van der Waals surface area contributed by atoms with Gasteiger partial charge in [0.2, 0.25) is 0 Å². The summed E-state index contributed by atoms with van der Waals surface area (Å²) in [4.78, 5) is 2.35. The number of nitrogens with zero attached hydrogens (tertiary/aromatic N) is 1. The monoisotopic (exact) mass is 337 g/mol. The van der Waals surface area contributed by atoms with Gasteiger partial charge in [-0.1, -0.05) is 35.9 Å². The zero-order valence-electron chi connectivity index (χ0n) is 12.7. The van der Waals surface area contributed by atoms with Gasteiger partial charge in [-0.2, -0.15) is 0 Å². The Bertz CT molecular complexity index is 658. The number of rotatable bonds is 0. The molecule has 1 N–H and O–H groups in total. The molecule has 0 saturated heterocycles. The van der Waals surface area contributed by atoms with E-state index in [1.165, 1.54) is 22.3 Å². The topological polar surface area (TPSA) is 23.5 Å². The second kappa shape index (κ2) is 7.36. The summed E-state index contributed by atoms with van der Waals surface area (Å²) >= 11 is 6.09. The number of fused-ring (bicyclic) bond motifs is 2. The van der Waals surface area contributed by atoms with Crippen molar-refractivity contribution in [3.05, 3.63) is 63.7 Å². The fourth-order valence-corrected chi connectivity index (χ4v) is 3.14. The van der Waals surface area contributed by atoms with Gasteiger partial charge in [-0.15, -0.1) is 12.4 Å². The Morgan fingerprint density at radius 3 is 2.32 bits per heavy atom. The molecule has 0 atom stereocenters. The first kappa shape index (κ1) is 17.1. The minimum Gasteiger partial charge on any atom is -0.506 e. The predicted octanol–water partition coefficient (Wildman–Crippen LogP) is 4.09. The second-order valence-corrected chi connectivity index (χ2v) is 6.23. The van der Waals surface area contributed by atoms with Crippen LogP contribution in [0.2, 0.25) is 5.02 Å². The number of hydrogen-bond donors (Lipinski definition) is 1. The number of benzene rings is 2. The number of likely N-dealkylation sites (N-methyl/N-ethyl adjacent to an activating group) is 1. The minimum atomic E-state index is 0. The third-order valence-corrected chi connectivity index (χ3v) is 4.60. The molecular formula is C18H21Cl2NO. The Labute approximate surface area is 143 Å². The third-order valence-electron chi connectivity index (χ3n) is 4.29. The quantitative estimate of drug-likeness (QED) is 0.782. The van der Waals surface area contributed by atoms with E-state index < -0.39 is 0 Å². The third kappa shape index (κ3) is 3.75. The highest BCUT2D eigenvalue weighted by Gasteiger charge is 2.14. The number of phenols is 1. The molecule has 2 aromatic carbocycles. The maximum Gasteiger partial charge on any atom is 0.134 e.